The van der Waals surface area contributed by atoms with E-state index in [0.29, 0.717) is 11.8 Å². The maximum atomic E-state index is 12.3. The van der Waals surface area contributed by atoms with Crippen molar-refractivity contribution in [2.45, 2.75) is 37.6 Å². The van der Waals surface area contributed by atoms with E-state index in [4.69, 9.17) is 0 Å². The second kappa shape index (κ2) is 4.53. The van der Waals surface area contributed by atoms with Crippen molar-refractivity contribution >= 4 is 17.7 Å². The molecule has 6 heteroatoms. The third kappa shape index (κ3) is 2.25. The Morgan fingerprint density at radius 2 is 1.76 bits per heavy atom. The van der Waals surface area contributed by atoms with Gasteiger partial charge in [-0.25, -0.2) is 0 Å². The molecule has 5 rings (SSSR count). The minimum Gasteiger partial charge on any atom is -0.348 e. The molecule has 21 heavy (non-hydrogen) atoms. The van der Waals surface area contributed by atoms with Crippen molar-refractivity contribution in [3.63, 3.8) is 0 Å². The van der Waals surface area contributed by atoms with Gasteiger partial charge in [-0.2, -0.15) is 0 Å². The van der Waals surface area contributed by atoms with Crippen molar-refractivity contribution in [1.82, 2.24) is 15.1 Å². The average Bonchev–Trinajstić information content (AvgIpc) is 2.68. The largest absolute Gasteiger partial charge is 0.348 e. The van der Waals surface area contributed by atoms with Gasteiger partial charge in [-0.1, -0.05) is 0 Å². The quantitative estimate of drug-likeness (QED) is 0.727. The highest BCUT2D eigenvalue weighted by Gasteiger charge is 2.51. The van der Waals surface area contributed by atoms with Crippen molar-refractivity contribution in [1.29, 1.82) is 0 Å². The molecule has 2 atom stereocenters. The van der Waals surface area contributed by atoms with Crippen LogP contribution >= 0.6 is 0 Å². The van der Waals surface area contributed by atoms with Gasteiger partial charge in [-0.05, 0) is 31.1 Å². The summed E-state index contributed by atoms with van der Waals surface area (Å²) in [5.74, 6) is 0.777. The van der Waals surface area contributed by atoms with Crippen LogP contribution in [0.3, 0.4) is 0 Å². The number of amides is 3. The number of rotatable bonds is 3. The summed E-state index contributed by atoms with van der Waals surface area (Å²) in [4.78, 5) is 39.1. The zero-order valence-electron chi connectivity index (χ0n) is 12.1. The molecule has 4 heterocycles. The van der Waals surface area contributed by atoms with Crippen molar-refractivity contribution in [2.24, 2.45) is 11.8 Å². The average molecular weight is 291 g/mol. The van der Waals surface area contributed by atoms with Crippen LogP contribution in [-0.4, -0.2) is 59.2 Å². The molecule has 4 bridgehead atoms. The number of hydrogen-bond donors (Lipinski definition) is 1. The molecule has 114 valence electrons. The standard InChI is InChI=1S/C15H21N3O3/c19-12(8-18-13(20)1-2-14(18)21)16-15-4-10-3-11(5-15)7-17(6-10)9-15/h10-11H,1-9H2,(H,16,19). The van der Waals surface area contributed by atoms with Crippen LogP contribution in [0.2, 0.25) is 0 Å². The Morgan fingerprint density at radius 1 is 1.14 bits per heavy atom. The van der Waals surface area contributed by atoms with E-state index in [1.54, 1.807) is 0 Å². The smallest absolute Gasteiger partial charge is 0.240 e. The van der Waals surface area contributed by atoms with Gasteiger partial charge in [-0.15, -0.1) is 0 Å². The SMILES string of the molecule is O=C(CN1C(=O)CCC1=O)NC12CC3CC(CN(C3)C1)C2. The molecule has 6 nitrogen and oxygen atoms in total. The monoisotopic (exact) mass is 291 g/mol. The molecular weight excluding hydrogens is 270 g/mol. The summed E-state index contributed by atoms with van der Waals surface area (Å²) in [5, 5.41) is 3.17. The molecule has 0 aromatic rings. The van der Waals surface area contributed by atoms with Crippen molar-refractivity contribution in [2.75, 3.05) is 26.2 Å². The van der Waals surface area contributed by atoms with Crippen LogP contribution < -0.4 is 5.32 Å². The van der Waals surface area contributed by atoms with E-state index in [2.05, 4.69) is 10.2 Å². The van der Waals surface area contributed by atoms with Crippen molar-refractivity contribution in [3.05, 3.63) is 0 Å². The van der Waals surface area contributed by atoms with Gasteiger partial charge in [0.25, 0.3) is 0 Å². The molecule has 0 aromatic heterocycles. The second-order valence-corrected chi connectivity index (χ2v) is 7.27. The normalized spacial score (nSPS) is 41.0. The number of imide groups is 1. The summed E-state index contributed by atoms with van der Waals surface area (Å²) in [6, 6.07) is 0. The molecule has 4 saturated heterocycles. The summed E-state index contributed by atoms with van der Waals surface area (Å²) in [7, 11) is 0. The van der Waals surface area contributed by atoms with Gasteiger partial charge in [0.05, 0.1) is 5.54 Å². The third-order valence-corrected chi connectivity index (χ3v) is 5.45. The first-order valence-corrected chi connectivity index (χ1v) is 7.90. The predicted octanol–water partition coefficient (Wildman–Crippen LogP) is -0.264. The van der Waals surface area contributed by atoms with Crippen LogP contribution in [0.5, 0.6) is 0 Å². The van der Waals surface area contributed by atoms with Gasteiger partial charge in [0, 0.05) is 32.5 Å². The Morgan fingerprint density at radius 3 is 2.33 bits per heavy atom. The minimum atomic E-state index is -0.218. The predicted molar refractivity (Wildman–Crippen MR) is 74.1 cm³/mol. The van der Waals surface area contributed by atoms with E-state index in [1.165, 1.54) is 6.42 Å². The Balaban J connectivity index is 1.42. The lowest BCUT2D eigenvalue weighted by Crippen LogP contribution is -2.69. The highest BCUT2D eigenvalue weighted by Crippen LogP contribution is 2.45. The molecule has 1 aliphatic carbocycles. The lowest BCUT2D eigenvalue weighted by atomic mass is 9.64. The van der Waals surface area contributed by atoms with Gasteiger partial charge in [-0.3, -0.25) is 19.3 Å². The van der Waals surface area contributed by atoms with Crippen LogP contribution in [0.25, 0.3) is 0 Å². The molecule has 5 fully saturated rings. The van der Waals surface area contributed by atoms with Gasteiger partial charge in [0.15, 0.2) is 0 Å². The number of carbonyl (C=O) groups excluding carboxylic acids is 3. The highest BCUT2D eigenvalue weighted by atomic mass is 16.2. The maximum absolute atomic E-state index is 12.3. The Bertz CT molecular complexity index is 465. The number of hydrogen-bond acceptors (Lipinski definition) is 4. The topological polar surface area (TPSA) is 69.7 Å². The Kier molecular flexibility index (Phi) is 2.86. The molecule has 1 N–H and O–H groups in total. The van der Waals surface area contributed by atoms with Crippen LogP contribution in [0, 0.1) is 11.8 Å². The molecular formula is C15H21N3O3. The molecule has 0 aromatic carbocycles. The zero-order chi connectivity index (χ0) is 14.6. The third-order valence-electron chi connectivity index (χ3n) is 5.45. The molecule has 4 aliphatic heterocycles. The number of nitrogens with one attached hydrogen (secondary N) is 1. The first-order chi connectivity index (χ1) is 10.0. The Labute approximate surface area is 123 Å². The van der Waals surface area contributed by atoms with Crippen molar-refractivity contribution < 1.29 is 14.4 Å². The van der Waals surface area contributed by atoms with E-state index < -0.39 is 0 Å². The van der Waals surface area contributed by atoms with Crippen LogP contribution in [0.1, 0.15) is 32.1 Å². The van der Waals surface area contributed by atoms with E-state index in [-0.39, 0.29) is 42.6 Å². The molecule has 0 spiro atoms. The number of carbonyl (C=O) groups is 3. The molecule has 0 radical (unpaired) electrons. The molecule has 5 aliphatic rings. The summed E-state index contributed by atoms with van der Waals surface area (Å²) < 4.78 is 0. The summed E-state index contributed by atoms with van der Waals surface area (Å²) in [5.41, 5.74) is -0.118. The molecule has 3 amide bonds. The van der Waals surface area contributed by atoms with Crippen LogP contribution in [0.4, 0.5) is 0 Å². The van der Waals surface area contributed by atoms with Crippen LogP contribution in [-0.2, 0) is 14.4 Å². The second-order valence-electron chi connectivity index (χ2n) is 7.27. The minimum absolute atomic E-state index is 0.102. The fourth-order valence-electron chi connectivity index (χ4n) is 5.02. The van der Waals surface area contributed by atoms with Crippen molar-refractivity contribution in [3.8, 4) is 0 Å². The Hall–Kier alpha value is -1.43. The van der Waals surface area contributed by atoms with E-state index >= 15 is 0 Å². The first-order valence-electron chi connectivity index (χ1n) is 7.90. The zero-order valence-corrected chi connectivity index (χ0v) is 12.1. The summed E-state index contributed by atoms with van der Waals surface area (Å²) >= 11 is 0. The number of likely N-dealkylation sites (tertiary alicyclic amines) is 1. The lowest BCUT2D eigenvalue weighted by molar-refractivity contribution is -0.144. The van der Waals surface area contributed by atoms with Gasteiger partial charge in [0.2, 0.25) is 17.7 Å². The number of nitrogens with zero attached hydrogens (tertiary/aromatic N) is 2. The van der Waals surface area contributed by atoms with E-state index in [0.717, 1.165) is 37.4 Å². The lowest BCUT2D eigenvalue weighted by Gasteiger charge is -2.58. The van der Waals surface area contributed by atoms with E-state index in [9.17, 15) is 14.4 Å². The van der Waals surface area contributed by atoms with Crippen LogP contribution in [0.15, 0.2) is 0 Å². The van der Waals surface area contributed by atoms with E-state index in [1.807, 2.05) is 0 Å². The molecule has 2 unspecified atom stereocenters. The van der Waals surface area contributed by atoms with Gasteiger partial charge >= 0.3 is 0 Å². The van der Waals surface area contributed by atoms with Gasteiger partial charge in [0.1, 0.15) is 6.54 Å². The fraction of sp³-hybridized carbons (Fsp3) is 0.800. The molecule has 1 saturated carbocycles. The highest BCUT2D eigenvalue weighted by molar-refractivity contribution is 6.04. The maximum Gasteiger partial charge on any atom is 0.240 e. The fourth-order valence-corrected chi connectivity index (χ4v) is 5.02. The summed E-state index contributed by atoms with van der Waals surface area (Å²) in [6.45, 7) is 3.15. The number of piperidine rings is 3. The first kappa shape index (κ1) is 13.2. The van der Waals surface area contributed by atoms with Gasteiger partial charge < -0.3 is 10.2 Å². The summed E-state index contributed by atoms with van der Waals surface area (Å²) in [6.07, 6.45) is 3.88.